The molecule has 2 aromatic carbocycles. The van der Waals surface area contributed by atoms with Gasteiger partial charge in [-0.3, -0.25) is 14.5 Å². The van der Waals surface area contributed by atoms with Crippen LogP contribution in [-0.2, 0) is 9.59 Å². The van der Waals surface area contributed by atoms with Crippen molar-refractivity contribution in [3.8, 4) is 0 Å². The molecular weight excluding hydrogens is 395 g/mol. The van der Waals surface area contributed by atoms with E-state index in [2.05, 4.69) is 5.32 Å². The summed E-state index contributed by atoms with van der Waals surface area (Å²) in [4.78, 5) is 26.7. The van der Waals surface area contributed by atoms with Crippen LogP contribution in [0.1, 0.15) is 24.0 Å². The molecule has 1 saturated heterocycles. The summed E-state index contributed by atoms with van der Waals surface area (Å²) in [5.41, 5.74) is 2.53. The third-order valence-electron chi connectivity index (χ3n) is 4.25. The molecule has 1 N–H and O–H groups in total. The largest absolute Gasteiger partial charge is 0.326 e. The van der Waals surface area contributed by atoms with Gasteiger partial charge in [-0.1, -0.05) is 54.3 Å². The van der Waals surface area contributed by atoms with Crippen LogP contribution in [0.25, 0.3) is 6.08 Å². The maximum atomic E-state index is 13.0. The summed E-state index contributed by atoms with van der Waals surface area (Å²) in [6.07, 6.45) is 2.50. The van der Waals surface area contributed by atoms with E-state index in [1.807, 2.05) is 31.2 Å². The summed E-state index contributed by atoms with van der Waals surface area (Å²) in [5.74, 6) is -0.603. The highest BCUT2D eigenvalue weighted by atomic mass is 32.2. The second kappa shape index (κ2) is 9.12. The highest BCUT2D eigenvalue weighted by molar-refractivity contribution is 8.26. The predicted octanol–water partition coefficient (Wildman–Crippen LogP) is 4.75. The minimum Gasteiger partial charge on any atom is -0.326 e. The van der Waals surface area contributed by atoms with Crippen molar-refractivity contribution < 1.29 is 14.0 Å². The van der Waals surface area contributed by atoms with Crippen molar-refractivity contribution in [2.45, 2.75) is 19.8 Å². The lowest BCUT2D eigenvalue weighted by molar-refractivity contribution is -0.122. The molecule has 0 aliphatic carbocycles. The molecule has 0 saturated carbocycles. The zero-order chi connectivity index (χ0) is 20.1. The van der Waals surface area contributed by atoms with E-state index in [0.717, 1.165) is 16.8 Å². The summed E-state index contributed by atoms with van der Waals surface area (Å²) in [6, 6.07) is 13.5. The van der Waals surface area contributed by atoms with Crippen LogP contribution in [0.4, 0.5) is 10.1 Å². The zero-order valence-electron chi connectivity index (χ0n) is 15.3. The van der Waals surface area contributed by atoms with E-state index in [0.29, 0.717) is 28.6 Å². The van der Waals surface area contributed by atoms with E-state index in [-0.39, 0.29) is 17.6 Å². The Morgan fingerprint density at radius 1 is 1.21 bits per heavy atom. The van der Waals surface area contributed by atoms with Gasteiger partial charge in [0.1, 0.15) is 10.1 Å². The number of nitrogens with one attached hydrogen (secondary N) is 1. The molecule has 1 aliphatic heterocycles. The zero-order valence-corrected chi connectivity index (χ0v) is 16.9. The number of thioether (sulfide) groups is 1. The smallest absolute Gasteiger partial charge is 0.266 e. The first-order valence-corrected chi connectivity index (χ1v) is 10.0. The summed E-state index contributed by atoms with van der Waals surface area (Å²) in [7, 11) is 0. The fourth-order valence-electron chi connectivity index (χ4n) is 2.73. The van der Waals surface area contributed by atoms with Crippen molar-refractivity contribution >= 4 is 51.9 Å². The maximum absolute atomic E-state index is 13.0. The van der Waals surface area contributed by atoms with E-state index in [9.17, 15) is 14.0 Å². The molecule has 3 rings (SSSR count). The van der Waals surface area contributed by atoms with Crippen molar-refractivity contribution in [3.05, 3.63) is 70.4 Å². The monoisotopic (exact) mass is 414 g/mol. The van der Waals surface area contributed by atoms with Crippen molar-refractivity contribution in [2.24, 2.45) is 0 Å². The fraction of sp³-hybridized carbons (Fsp3) is 0.190. The lowest BCUT2D eigenvalue weighted by Gasteiger charge is -2.14. The number of anilines is 1. The molecule has 1 aliphatic rings. The van der Waals surface area contributed by atoms with Crippen LogP contribution in [0.2, 0.25) is 0 Å². The van der Waals surface area contributed by atoms with Crippen LogP contribution < -0.4 is 5.32 Å². The first-order valence-electron chi connectivity index (χ1n) is 8.80. The molecule has 0 atom stereocenters. The molecule has 2 aromatic rings. The van der Waals surface area contributed by atoms with Gasteiger partial charge in [0.15, 0.2) is 0 Å². The number of thiocarbonyl (C=S) groups is 1. The Balaban J connectivity index is 1.54. The van der Waals surface area contributed by atoms with Gasteiger partial charge >= 0.3 is 0 Å². The Labute approximate surface area is 172 Å². The van der Waals surface area contributed by atoms with Crippen molar-refractivity contribution in [2.75, 3.05) is 11.9 Å². The number of hydrogen-bond donors (Lipinski definition) is 1. The van der Waals surface area contributed by atoms with Gasteiger partial charge in [-0.15, -0.1) is 0 Å². The number of para-hydroxylation sites is 1. The number of benzene rings is 2. The first kappa shape index (κ1) is 20.2. The molecule has 4 nitrogen and oxygen atoms in total. The van der Waals surface area contributed by atoms with Crippen molar-refractivity contribution in [1.29, 1.82) is 0 Å². The van der Waals surface area contributed by atoms with E-state index >= 15 is 0 Å². The molecular formula is C21H19FN2O2S2. The molecule has 2 amide bonds. The summed E-state index contributed by atoms with van der Waals surface area (Å²) < 4.78 is 13.5. The first-order chi connectivity index (χ1) is 13.4. The van der Waals surface area contributed by atoms with Gasteiger partial charge in [-0.25, -0.2) is 4.39 Å². The van der Waals surface area contributed by atoms with Crippen LogP contribution in [-0.4, -0.2) is 27.6 Å². The topological polar surface area (TPSA) is 49.4 Å². The molecule has 0 spiro atoms. The number of carbonyl (C=O) groups excluding carboxylic acids is 2. The lowest BCUT2D eigenvalue weighted by atomic mass is 10.2. The molecule has 1 heterocycles. The number of aryl methyl sites for hydroxylation is 1. The Morgan fingerprint density at radius 2 is 1.93 bits per heavy atom. The maximum Gasteiger partial charge on any atom is 0.266 e. The minimum absolute atomic E-state index is 0.0957. The Morgan fingerprint density at radius 3 is 2.64 bits per heavy atom. The normalized spacial score (nSPS) is 15.4. The van der Waals surface area contributed by atoms with E-state index in [1.165, 1.54) is 28.8 Å². The molecule has 1 fully saturated rings. The lowest BCUT2D eigenvalue weighted by Crippen LogP contribution is -2.29. The third kappa shape index (κ3) is 5.05. The molecule has 7 heteroatoms. The van der Waals surface area contributed by atoms with Gasteiger partial charge in [0.2, 0.25) is 5.91 Å². The number of hydrogen-bond acceptors (Lipinski definition) is 4. The van der Waals surface area contributed by atoms with Crippen LogP contribution in [0.5, 0.6) is 0 Å². The number of halogens is 1. The van der Waals surface area contributed by atoms with Gasteiger partial charge in [-0.05, 0) is 48.7 Å². The Kier molecular flexibility index (Phi) is 6.59. The molecule has 0 bridgehead atoms. The van der Waals surface area contributed by atoms with Gasteiger partial charge in [0.25, 0.3) is 5.91 Å². The average molecular weight is 415 g/mol. The standard InChI is InChI=1S/C21H19FN2O2S2/c1-14-5-2-3-6-17(14)23-19(25)7-4-12-24-20(26)18(28-21(24)27)13-15-8-10-16(22)11-9-15/h2-3,5-6,8-11,13H,4,7,12H2,1H3,(H,23,25)/b18-13-. The highest BCUT2D eigenvalue weighted by Gasteiger charge is 2.31. The quantitative estimate of drug-likeness (QED) is 0.547. The molecule has 144 valence electrons. The number of rotatable bonds is 6. The number of amides is 2. The third-order valence-corrected chi connectivity index (χ3v) is 5.62. The van der Waals surface area contributed by atoms with Crippen LogP contribution in [0.15, 0.2) is 53.4 Å². The van der Waals surface area contributed by atoms with Gasteiger partial charge in [-0.2, -0.15) is 0 Å². The Hall–Kier alpha value is -2.51. The average Bonchev–Trinajstić information content (AvgIpc) is 2.93. The highest BCUT2D eigenvalue weighted by Crippen LogP contribution is 2.32. The van der Waals surface area contributed by atoms with Gasteiger partial charge in [0, 0.05) is 18.7 Å². The summed E-state index contributed by atoms with van der Waals surface area (Å²) >= 11 is 6.52. The predicted molar refractivity (Wildman–Crippen MR) is 115 cm³/mol. The number of carbonyl (C=O) groups is 2. The van der Waals surface area contributed by atoms with E-state index in [1.54, 1.807) is 18.2 Å². The van der Waals surface area contributed by atoms with Crippen molar-refractivity contribution in [1.82, 2.24) is 4.90 Å². The molecule has 28 heavy (non-hydrogen) atoms. The van der Waals surface area contributed by atoms with Gasteiger partial charge < -0.3 is 5.32 Å². The van der Waals surface area contributed by atoms with Crippen molar-refractivity contribution in [3.63, 3.8) is 0 Å². The molecule has 0 unspecified atom stereocenters. The van der Waals surface area contributed by atoms with Crippen LogP contribution in [0.3, 0.4) is 0 Å². The molecule has 0 radical (unpaired) electrons. The van der Waals surface area contributed by atoms with Gasteiger partial charge in [0.05, 0.1) is 4.91 Å². The van der Waals surface area contributed by atoms with E-state index < -0.39 is 0 Å². The second-order valence-corrected chi connectivity index (χ2v) is 8.03. The fourth-order valence-corrected chi connectivity index (χ4v) is 4.04. The van der Waals surface area contributed by atoms with Crippen LogP contribution >= 0.6 is 24.0 Å². The minimum atomic E-state index is -0.325. The van der Waals surface area contributed by atoms with E-state index in [4.69, 9.17) is 12.2 Å². The summed E-state index contributed by atoms with van der Waals surface area (Å²) in [6.45, 7) is 2.32. The SMILES string of the molecule is Cc1ccccc1NC(=O)CCCN1C(=O)/C(=C/c2ccc(F)cc2)SC1=S. The Bertz CT molecular complexity index is 942. The van der Waals surface area contributed by atoms with Crippen LogP contribution in [0, 0.1) is 12.7 Å². The summed E-state index contributed by atoms with van der Waals surface area (Å²) in [5, 5.41) is 2.88. The number of nitrogens with zero attached hydrogens (tertiary/aromatic N) is 1. The second-order valence-electron chi connectivity index (χ2n) is 6.35. The molecule has 0 aromatic heterocycles.